The number of rotatable bonds is 3. The third-order valence-electron chi connectivity index (χ3n) is 2.65. The summed E-state index contributed by atoms with van der Waals surface area (Å²) in [5.74, 6) is 0.730. The summed E-state index contributed by atoms with van der Waals surface area (Å²) >= 11 is 7.76. The molecule has 0 bridgehead atoms. The van der Waals surface area contributed by atoms with Crippen molar-refractivity contribution in [1.29, 1.82) is 0 Å². The van der Waals surface area contributed by atoms with Crippen LogP contribution in [-0.2, 0) is 13.5 Å². The van der Waals surface area contributed by atoms with Crippen LogP contribution in [0.25, 0.3) is 11.3 Å². The molecule has 0 saturated carbocycles. The smallest absolute Gasteiger partial charge is 0.135 e. The number of hydrogen-bond donors (Lipinski definition) is 0. The van der Waals surface area contributed by atoms with Gasteiger partial charge in [0.25, 0.3) is 0 Å². The van der Waals surface area contributed by atoms with Gasteiger partial charge in [0, 0.05) is 36.2 Å². The highest BCUT2D eigenvalue weighted by molar-refractivity contribution is 7.09. The van der Waals surface area contributed by atoms with Gasteiger partial charge < -0.3 is 0 Å². The fourth-order valence-electron chi connectivity index (χ4n) is 1.81. The van der Waals surface area contributed by atoms with Crippen molar-refractivity contribution in [1.82, 2.24) is 19.7 Å². The molecule has 0 aromatic carbocycles. The van der Waals surface area contributed by atoms with Crippen LogP contribution in [0.2, 0.25) is 5.15 Å². The minimum absolute atomic E-state index is 0.459. The molecule has 3 heterocycles. The molecule has 0 amide bonds. The predicted octanol–water partition coefficient (Wildman–Crippen LogP) is 3.18. The molecule has 19 heavy (non-hydrogen) atoms. The van der Waals surface area contributed by atoms with Crippen LogP contribution < -0.4 is 0 Å². The number of halogens is 1. The SMILES string of the molecule is Cn1cc(-c2cc(Cl)nc(Cc3cccs3)n2)cn1. The van der Waals surface area contributed by atoms with Crippen LogP contribution in [0.3, 0.4) is 0 Å². The van der Waals surface area contributed by atoms with Gasteiger partial charge >= 0.3 is 0 Å². The first kappa shape index (κ1) is 12.3. The number of thiophene rings is 1. The standard InChI is InChI=1S/C13H11ClN4S/c1-18-8-9(7-15-18)11-6-12(14)17-13(16-11)5-10-3-2-4-19-10/h2-4,6-8H,5H2,1H3. The molecule has 0 atom stereocenters. The largest absolute Gasteiger partial charge is 0.275 e. The first-order valence-corrected chi connectivity index (χ1v) is 7.01. The van der Waals surface area contributed by atoms with Gasteiger partial charge in [-0.15, -0.1) is 11.3 Å². The zero-order chi connectivity index (χ0) is 13.2. The predicted molar refractivity (Wildman–Crippen MR) is 76.4 cm³/mol. The summed E-state index contributed by atoms with van der Waals surface area (Å²) in [6.45, 7) is 0. The van der Waals surface area contributed by atoms with Crippen molar-refractivity contribution in [2.75, 3.05) is 0 Å². The Morgan fingerprint density at radius 1 is 1.37 bits per heavy atom. The third kappa shape index (κ3) is 2.83. The van der Waals surface area contributed by atoms with Crippen molar-refractivity contribution in [3.8, 4) is 11.3 Å². The van der Waals surface area contributed by atoms with E-state index in [2.05, 4.69) is 21.1 Å². The molecule has 3 aromatic heterocycles. The molecule has 0 unspecified atom stereocenters. The summed E-state index contributed by atoms with van der Waals surface area (Å²) < 4.78 is 1.74. The van der Waals surface area contributed by atoms with E-state index in [0.717, 1.165) is 17.1 Å². The van der Waals surface area contributed by atoms with Gasteiger partial charge in [0.05, 0.1) is 11.9 Å². The molecule has 0 aliphatic carbocycles. The van der Waals surface area contributed by atoms with Gasteiger partial charge in [-0.05, 0) is 11.4 Å². The number of aromatic nitrogens is 4. The zero-order valence-corrected chi connectivity index (χ0v) is 11.8. The highest BCUT2D eigenvalue weighted by Gasteiger charge is 2.08. The Kier molecular flexibility index (Phi) is 3.31. The first-order valence-electron chi connectivity index (χ1n) is 5.75. The second-order valence-corrected chi connectivity index (χ2v) is 5.57. The van der Waals surface area contributed by atoms with E-state index in [4.69, 9.17) is 11.6 Å². The second kappa shape index (κ2) is 5.11. The van der Waals surface area contributed by atoms with E-state index in [9.17, 15) is 0 Å². The van der Waals surface area contributed by atoms with Gasteiger partial charge in [0.2, 0.25) is 0 Å². The van der Waals surface area contributed by atoms with Crippen molar-refractivity contribution >= 4 is 22.9 Å². The van der Waals surface area contributed by atoms with E-state index in [-0.39, 0.29) is 0 Å². The Balaban J connectivity index is 1.96. The highest BCUT2D eigenvalue weighted by atomic mass is 35.5. The van der Waals surface area contributed by atoms with E-state index >= 15 is 0 Å². The van der Waals surface area contributed by atoms with Crippen LogP contribution in [0.1, 0.15) is 10.7 Å². The number of nitrogens with zero attached hydrogens (tertiary/aromatic N) is 4. The van der Waals surface area contributed by atoms with E-state index in [1.807, 2.05) is 24.7 Å². The zero-order valence-electron chi connectivity index (χ0n) is 10.2. The molecule has 0 saturated heterocycles. The third-order valence-corrected chi connectivity index (χ3v) is 3.72. The minimum Gasteiger partial charge on any atom is -0.275 e. The first-order chi connectivity index (χ1) is 9.20. The average molecular weight is 291 g/mol. The van der Waals surface area contributed by atoms with Crippen molar-refractivity contribution in [2.24, 2.45) is 7.05 Å². The Labute approximate surface area is 119 Å². The van der Waals surface area contributed by atoms with Crippen molar-refractivity contribution in [3.05, 3.63) is 51.8 Å². The molecule has 0 spiro atoms. The van der Waals surface area contributed by atoms with Crippen LogP contribution in [0, 0.1) is 0 Å². The summed E-state index contributed by atoms with van der Waals surface area (Å²) in [6.07, 6.45) is 4.38. The van der Waals surface area contributed by atoms with Gasteiger partial charge in [0.1, 0.15) is 11.0 Å². The van der Waals surface area contributed by atoms with Gasteiger partial charge in [-0.3, -0.25) is 4.68 Å². The topological polar surface area (TPSA) is 43.6 Å². The fourth-order valence-corrected chi connectivity index (χ4v) is 2.72. The van der Waals surface area contributed by atoms with Gasteiger partial charge in [-0.2, -0.15) is 5.10 Å². The summed E-state index contributed by atoms with van der Waals surface area (Å²) in [5.41, 5.74) is 1.75. The molecule has 0 aliphatic heterocycles. The monoisotopic (exact) mass is 290 g/mol. The fraction of sp³-hybridized carbons (Fsp3) is 0.154. The maximum Gasteiger partial charge on any atom is 0.135 e. The molecule has 3 rings (SSSR count). The lowest BCUT2D eigenvalue weighted by atomic mass is 10.2. The molecule has 0 radical (unpaired) electrons. The summed E-state index contributed by atoms with van der Waals surface area (Å²) in [6, 6.07) is 5.85. The second-order valence-electron chi connectivity index (χ2n) is 4.15. The highest BCUT2D eigenvalue weighted by Crippen LogP contribution is 2.21. The lowest BCUT2D eigenvalue weighted by Gasteiger charge is -2.02. The van der Waals surface area contributed by atoms with E-state index < -0.39 is 0 Å². The van der Waals surface area contributed by atoms with Crippen LogP contribution in [0.4, 0.5) is 0 Å². The van der Waals surface area contributed by atoms with Gasteiger partial charge in [0.15, 0.2) is 0 Å². The summed E-state index contributed by atoms with van der Waals surface area (Å²) in [7, 11) is 1.87. The molecule has 3 aromatic rings. The van der Waals surface area contributed by atoms with Crippen LogP contribution in [-0.4, -0.2) is 19.7 Å². The molecular formula is C13H11ClN4S. The Morgan fingerprint density at radius 2 is 2.26 bits per heavy atom. The van der Waals surface area contributed by atoms with Crippen molar-refractivity contribution < 1.29 is 0 Å². The quantitative estimate of drug-likeness (QED) is 0.696. The lowest BCUT2D eigenvalue weighted by Crippen LogP contribution is -1.97. The maximum absolute atomic E-state index is 6.07. The molecule has 0 aliphatic rings. The Hall–Kier alpha value is -1.72. The summed E-state index contributed by atoms with van der Waals surface area (Å²) in [5, 5.41) is 6.65. The Morgan fingerprint density at radius 3 is 2.95 bits per heavy atom. The molecule has 0 fully saturated rings. The van der Waals surface area contributed by atoms with Gasteiger partial charge in [-0.25, -0.2) is 9.97 Å². The minimum atomic E-state index is 0.459. The molecular weight excluding hydrogens is 280 g/mol. The number of hydrogen-bond acceptors (Lipinski definition) is 4. The normalized spacial score (nSPS) is 10.8. The van der Waals surface area contributed by atoms with Gasteiger partial charge in [-0.1, -0.05) is 17.7 Å². The maximum atomic E-state index is 6.07. The van der Waals surface area contributed by atoms with Crippen LogP contribution in [0.15, 0.2) is 36.0 Å². The van der Waals surface area contributed by atoms with E-state index in [1.54, 1.807) is 28.3 Å². The molecule has 0 N–H and O–H groups in total. The molecule has 4 nitrogen and oxygen atoms in total. The molecule has 6 heteroatoms. The Bertz CT molecular complexity index is 690. The van der Waals surface area contributed by atoms with Crippen molar-refractivity contribution in [2.45, 2.75) is 6.42 Å². The molecule has 96 valence electrons. The average Bonchev–Trinajstić information content (AvgIpc) is 3.00. The van der Waals surface area contributed by atoms with E-state index in [0.29, 0.717) is 11.6 Å². The van der Waals surface area contributed by atoms with Crippen LogP contribution in [0.5, 0.6) is 0 Å². The van der Waals surface area contributed by atoms with Crippen molar-refractivity contribution in [3.63, 3.8) is 0 Å². The van der Waals surface area contributed by atoms with Crippen LogP contribution >= 0.6 is 22.9 Å². The summed E-state index contributed by atoms with van der Waals surface area (Å²) in [4.78, 5) is 10.0. The number of aryl methyl sites for hydroxylation is 1. The van der Waals surface area contributed by atoms with E-state index in [1.165, 1.54) is 4.88 Å². The lowest BCUT2D eigenvalue weighted by molar-refractivity contribution is 0.768.